The van der Waals surface area contributed by atoms with Crippen LogP contribution in [-0.2, 0) is 14.8 Å². The maximum Gasteiger partial charge on any atom is 0.241 e. The van der Waals surface area contributed by atoms with Crippen molar-refractivity contribution in [1.82, 2.24) is 10.6 Å². The topological polar surface area (TPSA) is 96.5 Å². The van der Waals surface area contributed by atoms with E-state index >= 15 is 0 Å². The average molecular weight is 341 g/mol. The van der Waals surface area contributed by atoms with E-state index in [1.165, 1.54) is 0 Å². The molecule has 0 aliphatic carbocycles. The zero-order valence-corrected chi connectivity index (χ0v) is 14.2. The number of nitrogens with one attached hydrogen (secondary N) is 3. The van der Waals surface area contributed by atoms with Gasteiger partial charge in [-0.05, 0) is 51.1 Å². The Balaban J connectivity index is 1.88. The van der Waals surface area contributed by atoms with Crippen LogP contribution >= 0.6 is 0 Å². The maximum absolute atomic E-state index is 12.0. The number of anilines is 1. The fourth-order valence-corrected chi connectivity index (χ4v) is 3.30. The van der Waals surface area contributed by atoms with Crippen LogP contribution in [0.4, 0.5) is 5.69 Å². The number of carbonyl (C=O) groups is 1. The van der Waals surface area contributed by atoms with E-state index < -0.39 is 21.7 Å². The molecule has 3 N–H and O–H groups in total. The Bertz CT molecular complexity index is 623. The van der Waals surface area contributed by atoms with Crippen LogP contribution in [0.5, 0.6) is 5.75 Å². The summed E-state index contributed by atoms with van der Waals surface area (Å²) in [7, 11) is -3.73. The second-order valence-electron chi connectivity index (χ2n) is 5.81. The maximum atomic E-state index is 12.0. The fraction of sp³-hybridized carbons (Fsp3) is 0.533. The van der Waals surface area contributed by atoms with Gasteiger partial charge in [0, 0.05) is 18.3 Å². The predicted molar refractivity (Wildman–Crippen MR) is 89.0 cm³/mol. The van der Waals surface area contributed by atoms with Gasteiger partial charge in [0.15, 0.2) is 0 Å². The number of sulfonamides is 1. The number of carbonyl (C=O) groups excluding carboxylic acids is 1. The molecule has 0 aromatic heterocycles. The molecule has 0 spiro atoms. The van der Waals surface area contributed by atoms with E-state index in [0.29, 0.717) is 18.0 Å². The molecule has 1 saturated heterocycles. The molecule has 1 heterocycles. The van der Waals surface area contributed by atoms with Gasteiger partial charge < -0.3 is 15.4 Å². The smallest absolute Gasteiger partial charge is 0.241 e. The molecule has 1 atom stereocenters. The van der Waals surface area contributed by atoms with Gasteiger partial charge in [0.25, 0.3) is 0 Å². The third-order valence-corrected chi connectivity index (χ3v) is 4.43. The van der Waals surface area contributed by atoms with Crippen LogP contribution in [-0.4, -0.2) is 45.3 Å². The summed E-state index contributed by atoms with van der Waals surface area (Å²) in [6.45, 7) is 5.33. The third kappa shape index (κ3) is 6.07. The lowest BCUT2D eigenvalue weighted by Gasteiger charge is -2.13. The number of benzene rings is 1. The highest BCUT2D eigenvalue weighted by atomic mass is 32.2. The standard InChI is InChI=1S/C15H23N3O4S/c1-11(2)22-14-5-3-12(4-6-14)18-23(20,21)10-15(19)17-13-7-8-16-9-13/h3-6,11,13,16,18H,7-10H2,1-2H3,(H,17,19). The molecule has 0 radical (unpaired) electrons. The molecule has 1 fully saturated rings. The van der Waals surface area contributed by atoms with Gasteiger partial charge in [-0.2, -0.15) is 0 Å². The molecule has 1 unspecified atom stereocenters. The zero-order valence-electron chi connectivity index (χ0n) is 13.3. The molecule has 1 aliphatic heterocycles. The van der Waals surface area contributed by atoms with Crippen LogP contribution in [0.1, 0.15) is 20.3 Å². The van der Waals surface area contributed by atoms with Crippen LogP contribution in [0.3, 0.4) is 0 Å². The average Bonchev–Trinajstić information content (AvgIpc) is 2.92. The Morgan fingerprint density at radius 3 is 2.61 bits per heavy atom. The molecule has 1 aliphatic rings. The molecule has 23 heavy (non-hydrogen) atoms. The molecule has 7 nitrogen and oxygen atoms in total. The van der Waals surface area contributed by atoms with Crippen molar-refractivity contribution < 1.29 is 17.9 Å². The molecular formula is C15H23N3O4S. The first-order valence-corrected chi connectivity index (χ1v) is 9.26. The molecule has 8 heteroatoms. The minimum Gasteiger partial charge on any atom is -0.491 e. The Hall–Kier alpha value is -1.80. The molecule has 128 valence electrons. The summed E-state index contributed by atoms with van der Waals surface area (Å²) in [6, 6.07) is 6.58. The summed E-state index contributed by atoms with van der Waals surface area (Å²) in [5, 5.41) is 5.82. The highest BCUT2D eigenvalue weighted by Gasteiger charge is 2.21. The Kier molecular flexibility index (Phi) is 5.84. The van der Waals surface area contributed by atoms with Crippen LogP contribution in [0.2, 0.25) is 0 Å². The van der Waals surface area contributed by atoms with E-state index in [1.807, 2.05) is 13.8 Å². The summed E-state index contributed by atoms with van der Waals surface area (Å²) in [6.07, 6.45) is 0.864. The Labute approximate surface area is 136 Å². The summed E-state index contributed by atoms with van der Waals surface area (Å²) >= 11 is 0. The van der Waals surface area contributed by atoms with Gasteiger partial charge in [-0.1, -0.05) is 0 Å². The number of amides is 1. The Morgan fingerprint density at radius 1 is 1.35 bits per heavy atom. The normalized spacial score (nSPS) is 18.0. The quantitative estimate of drug-likeness (QED) is 0.678. The Morgan fingerprint density at radius 2 is 2.04 bits per heavy atom. The lowest BCUT2D eigenvalue weighted by atomic mass is 10.3. The van der Waals surface area contributed by atoms with E-state index in [-0.39, 0.29) is 12.1 Å². The van der Waals surface area contributed by atoms with Crippen LogP contribution in [0.15, 0.2) is 24.3 Å². The molecule has 0 bridgehead atoms. The molecule has 2 rings (SSSR count). The highest BCUT2D eigenvalue weighted by Crippen LogP contribution is 2.17. The van der Waals surface area contributed by atoms with Crippen molar-refractivity contribution in [3.8, 4) is 5.75 Å². The first-order chi connectivity index (χ1) is 10.8. The summed E-state index contributed by atoms with van der Waals surface area (Å²) < 4.78 is 31.9. The molecule has 1 amide bonds. The van der Waals surface area contributed by atoms with Crippen molar-refractivity contribution in [2.45, 2.75) is 32.4 Å². The van der Waals surface area contributed by atoms with E-state index in [4.69, 9.17) is 4.74 Å². The lowest BCUT2D eigenvalue weighted by Crippen LogP contribution is -2.40. The van der Waals surface area contributed by atoms with Gasteiger partial charge in [0.05, 0.1) is 6.10 Å². The van der Waals surface area contributed by atoms with Gasteiger partial charge in [0.1, 0.15) is 11.5 Å². The molecule has 1 aromatic carbocycles. The van der Waals surface area contributed by atoms with E-state index in [0.717, 1.165) is 13.0 Å². The third-order valence-electron chi connectivity index (χ3n) is 3.25. The van der Waals surface area contributed by atoms with Crippen molar-refractivity contribution in [1.29, 1.82) is 0 Å². The zero-order chi connectivity index (χ0) is 16.9. The SMILES string of the molecule is CC(C)Oc1ccc(NS(=O)(=O)CC(=O)NC2CCNC2)cc1. The van der Waals surface area contributed by atoms with Gasteiger partial charge in [-0.3, -0.25) is 9.52 Å². The predicted octanol–water partition coefficient (Wildman–Crippen LogP) is 0.694. The van der Waals surface area contributed by atoms with Gasteiger partial charge in [-0.25, -0.2) is 8.42 Å². The summed E-state index contributed by atoms with van der Waals surface area (Å²) in [4.78, 5) is 11.8. The van der Waals surface area contributed by atoms with Crippen molar-refractivity contribution in [3.63, 3.8) is 0 Å². The van der Waals surface area contributed by atoms with Gasteiger partial charge in [-0.15, -0.1) is 0 Å². The molecular weight excluding hydrogens is 318 g/mol. The monoisotopic (exact) mass is 341 g/mol. The van der Waals surface area contributed by atoms with Gasteiger partial charge >= 0.3 is 0 Å². The number of hydrogen-bond acceptors (Lipinski definition) is 5. The first-order valence-electron chi connectivity index (χ1n) is 7.61. The van der Waals surface area contributed by atoms with Crippen molar-refractivity contribution in [2.75, 3.05) is 23.6 Å². The van der Waals surface area contributed by atoms with Crippen molar-refractivity contribution in [3.05, 3.63) is 24.3 Å². The van der Waals surface area contributed by atoms with E-state index in [9.17, 15) is 13.2 Å². The van der Waals surface area contributed by atoms with Crippen molar-refractivity contribution in [2.24, 2.45) is 0 Å². The minimum absolute atomic E-state index is 0.00478. The lowest BCUT2D eigenvalue weighted by molar-refractivity contribution is -0.119. The second kappa shape index (κ2) is 7.65. The highest BCUT2D eigenvalue weighted by molar-refractivity contribution is 7.93. The molecule has 1 aromatic rings. The summed E-state index contributed by atoms with van der Waals surface area (Å²) in [5.74, 6) is -0.423. The van der Waals surface area contributed by atoms with E-state index in [1.54, 1.807) is 24.3 Å². The minimum atomic E-state index is -3.73. The van der Waals surface area contributed by atoms with Gasteiger partial charge in [0.2, 0.25) is 15.9 Å². The second-order valence-corrected chi connectivity index (χ2v) is 7.53. The van der Waals surface area contributed by atoms with Crippen LogP contribution in [0, 0.1) is 0 Å². The van der Waals surface area contributed by atoms with E-state index in [2.05, 4.69) is 15.4 Å². The number of hydrogen-bond donors (Lipinski definition) is 3. The summed E-state index contributed by atoms with van der Waals surface area (Å²) in [5.41, 5.74) is 0.399. The number of rotatable bonds is 7. The van der Waals surface area contributed by atoms with Crippen molar-refractivity contribution >= 4 is 21.6 Å². The van der Waals surface area contributed by atoms with Crippen LogP contribution in [0.25, 0.3) is 0 Å². The molecule has 0 saturated carbocycles. The fourth-order valence-electron chi connectivity index (χ4n) is 2.31. The first kappa shape index (κ1) is 17.6. The largest absolute Gasteiger partial charge is 0.491 e. The number of ether oxygens (including phenoxy) is 1. The van der Waals surface area contributed by atoms with Crippen LogP contribution < -0.4 is 20.1 Å².